The molecule has 0 bridgehead atoms. The van der Waals surface area contributed by atoms with E-state index in [9.17, 15) is 13.2 Å². The largest absolute Gasteiger partial charge is 0.393 e. The highest BCUT2D eigenvalue weighted by molar-refractivity contribution is 5.31. The summed E-state index contributed by atoms with van der Waals surface area (Å²) in [5, 5.41) is 0. The van der Waals surface area contributed by atoms with E-state index in [4.69, 9.17) is 5.73 Å². The molecule has 0 saturated carbocycles. The third-order valence-electron chi connectivity index (χ3n) is 4.01. The van der Waals surface area contributed by atoms with Crippen LogP contribution in [0.25, 0.3) is 0 Å². The number of nitrogens with zero attached hydrogens (tertiary/aromatic N) is 1. The lowest BCUT2D eigenvalue weighted by molar-refractivity contribution is -0.187. The minimum absolute atomic E-state index is 0.113. The maximum absolute atomic E-state index is 12.8. The van der Waals surface area contributed by atoms with E-state index in [1.165, 1.54) is 0 Å². The number of halogens is 3. The van der Waals surface area contributed by atoms with Crippen molar-refractivity contribution >= 4 is 0 Å². The molecule has 1 fully saturated rings. The Balaban J connectivity index is 2.03. The van der Waals surface area contributed by atoms with Crippen molar-refractivity contribution in [1.29, 1.82) is 0 Å². The molecular weight excluding hydrogens is 265 g/mol. The van der Waals surface area contributed by atoms with Gasteiger partial charge in [-0.3, -0.25) is 4.90 Å². The first-order valence-corrected chi connectivity index (χ1v) is 6.97. The van der Waals surface area contributed by atoms with Gasteiger partial charge in [-0.2, -0.15) is 13.2 Å². The van der Waals surface area contributed by atoms with E-state index < -0.39 is 12.1 Å². The molecule has 1 aromatic carbocycles. The van der Waals surface area contributed by atoms with Crippen molar-refractivity contribution in [3.05, 3.63) is 34.9 Å². The van der Waals surface area contributed by atoms with Gasteiger partial charge in [0.05, 0.1) is 5.92 Å². The van der Waals surface area contributed by atoms with Crippen LogP contribution in [-0.4, -0.2) is 24.2 Å². The van der Waals surface area contributed by atoms with Crippen LogP contribution < -0.4 is 5.73 Å². The first-order chi connectivity index (χ1) is 9.40. The third-order valence-corrected chi connectivity index (χ3v) is 4.01. The fourth-order valence-corrected chi connectivity index (χ4v) is 2.77. The maximum Gasteiger partial charge on any atom is 0.393 e. The highest BCUT2D eigenvalue weighted by Crippen LogP contribution is 2.33. The zero-order valence-corrected chi connectivity index (χ0v) is 11.7. The number of piperidine rings is 1. The van der Waals surface area contributed by atoms with Crippen LogP contribution in [0.5, 0.6) is 0 Å². The van der Waals surface area contributed by atoms with Crippen LogP contribution >= 0.6 is 0 Å². The van der Waals surface area contributed by atoms with Crippen LogP contribution in [0.15, 0.2) is 18.2 Å². The van der Waals surface area contributed by atoms with E-state index in [0.717, 1.165) is 23.2 Å². The Hall–Kier alpha value is -1.07. The Morgan fingerprint density at radius 1 is 1.35 bits per heavy atom. The molecule has 0 spiro atoms. The second kappa shape index (κ2) is 6.14. The fraction of sp³-hybridized carbons (Fsp3) is 0.600. The van der Waals surface area contributed by atoms with Crippen LogP contribution in [-0.2, 0) is 13.1 Å². The number of benzene rings is 1. The van der Waals surface area contributed by atoms with Crippen LogP contribution in [0.4, 0.5) is 13.2 Å². The minimum atomic E-state index is -4.07. The topological polar surface area (TPSA) is 29.3 Å². The lowest BCUT2D eigenvalue weighted by Crippen LogP contribution is -2.41. The van der Waals surface area contributed by atoms with Gasteiger partial charge in [0.1, 0.15) is 0 Å². The first kappa shape index (κ1) is 15.3. The summed E-state index contributed by atoms with van der Waals surface area (Å²) in [4.78, 5) is 1.91. The zero-order chi connectivity index (χ0) is 14.8. The Morgan fingerprint density at radius 3 is 2.70 bits per heavy atom. The summed E-state index contributed by atoms with van der Waals surface area (Å²) in [6.07, 6.45) is -3.20. The van der Waals surface area contributed by atoms with E-state index in [2.05, 4.69) is 0 Å². The number of alkyl halides is 3. The van der Waals surface area contributed by atoms with E-state index in [1.54, 1.807) is 0 Å². The number of hydrogen-bond acceptors (Lipinski definition) is 2. The van der Waals surface area contributed by atoms with Crippen LogP contribution in [0.1, 0.15) is 29.5 Å². The van der Waals surface area contributed by atoms with Crippen molar-refractivity contribution in [3.63, 3.8) is 0 Å². The summed E-state index contributed by atoms with van der Waals surface area (Å²) in [5.41, 5.74) is 8.82. The molecule has 0 aliphatic carbocycles. The number of likely N-dealkylation sites (tertiary alicyclic amines) is 1. The molecule has 1 atom stereocenters. The number of rotatable bonds is 3. The van der Waals surface area contributed by atoms with Crippen LogP contribution in [0.3, 0.4) is 0 Å². The molecule has 20 heavy (non-hydrogen) atoms. The van der Waals surface area contributed by atoms with Gasteiger partial charge in [0.15, 0.2) is 0 Å². The van der Waals surface area contributed by atoms with Gasteiger partial charge in [0, 0.05) is 19.6 Å². The van der Waals surface area contributed by atoms with E-state index in [0.29, 0.717) is 19.5 Å². The average Bonchev–Trinajstić information content (AvgIpc) is 2.40. The van der Waals surface area contributed by atoms with E-state index in [-0.39, 0.29) is 13.0 Å². The van der Waals surface area contributed by atoms with Crippen molar-refractivity contribution in [2.24, 2.45) is 11.7 Å². The molecule has 1 aliphatic rings. The van der Waals surface area contributed by atoms with Gasteiger partial charge in [0.2, 0.25) is 0 Å². The number of hydrogen-bond donors (Lipinski definition) is 1. The lowest BCUT2D eigenvalue weighted by atomic mass is 9.96. The van der Waals surface area contributed by atoms with Crippen LogP contribution in [0, 0.1) is 12.8 Å². The van der Waals surface area contributed by atoms with E-state index >= 15 is 0 Å². The third kappa shape index (κ3) is 3.73. The Labute approximate surface area is 117 Å². The Bertz CT molecular complexity index is 457. The number of nitrogens with two attached hydrogens (primary N) is 1. The van der Waals surface area contributed by atoms with Gasteiger partial charge in [-0.1, -0.05) is 18.2 Å². The van der Waals surface area contributed by atoms with Gasteiger partial charge in [-0.15, -0.1) is 0 Å². The SMILES string of the molecule is Cc1cc(CN)ccc1CN1CCCC(C(F)(F)F)C1. The summed E-state index contributed by atoms with van der Waals surface area (Å²) in [6.45, 7) is 3.91. The average molecular weight is 286 g/mol. The summed E-state index contributed by atoms with van der Waals surface area (Å²) < 4.78 is 38.4. The highest BCUT2D eigenvalue weighted by atomic mass is 19.4. The molecule has 1 aliphatic heterocycles. The molecule has 0 amide bonds. The summed E-state index contributed by atoms with van der Waals surface area (Å²) >= 11 is 0. The molecule has 0 aromatic heterocycles. The monoisotopic (exact) mass is 286 g/mol. The molecule has 0 radical (unpaired) electrons. The predicted octanol–water partition coefficient (Wildman–Crippen LogP) is 3.23. The zero-order valence-electron chi connectivity index (χ0n) is 11.7. The molecule has 1 heterocycles. The van der Waals surface area contributed by atoms with Gasteiger partial charge >= 0.3 is 6.18 Å². The van der Waals surface area contributed by atoms with Crippen molar-refractivity contribution in [2.45, 2.75) is 39.0 Å². The standard InChI is InChI=1S/C15H21F3N2/c1-11-7-12(8-19)4-5-13(11)9-20-6-2-3-14(10-20)15(16,17)18/h4-5,7,14H,2-3,6,8-10,19H2,1H3. The van der Waals surface area contributed by atoms with Gasteiger partial charge < -0.3 is 5.73 Å². The molecule has 1 unspecified atom stereocenters. The highest BCUT2D eigenvalue weighted by Gasteiger charge is 2.41. The summed E-state index contributed by atoms with van der Waals surface area (Å²) in [6, 6.07) is 5.95. The molecule has 2 nitrogen and oxygen atoms in total. The molecule has 1 saturated heterocycles. The van der Waals surface area contributed by atoms with Gasteiger partial charge in [-0.25, -0.2) is 0 Å². The van der Waals surface area contributed by atoms with Crippen molar-refractivity contribution < 1.29 is 13.2 Å². The molecule has 1 aromatic rings. The van der Waals surface area contributed by atoms with Crippen LogP contribution in [0.2, 0.25) is 0 Å². The van der Waals surface area contributed by atoms with Gasteiger partial charge in [0.25, 0.3) is 0 Å². The van der Waals surface area contributed by atoms with Crippen molar-refractivity contribution in [1.82, 2.24) is 4.90 Å². The fourth-order valence-electron chi connectivity index (χ4n) is 2.77. The Morgan fingerprint density at radius 2 is 2.10 bits per heavy atom. The molecule has 5 heteroatoms. The van der Waals surface area contributed by atoms with Crippen molar-refractivity contribution in [2.75, 3.05) is 13.1 Å². The lowest BCUT2D eigenvalue weighted by Gasteiger charge is -2.34. The smallest absolute Gasteiger partial charge is 0.326 e. The van der Waals surface area contributed by atoms with E-state index in [1.807, 2.05) is 30.0 Å². The first-order valence-electron chi connectivity index (χ1n) is 6.97. The van der Waals surface area contributed by atoms with Crippen molar-refractivity contribution in [3.8, 4) is 0 Å². The minimum Gasteiger partial charge on any atom is -0.326 e. The molecule has 2 N–H and O–H groups in total. The summed E-state index contributed by atoms with van der Waals surface area (Å²) in [7, 11) is 0. The maximum atomic E-state index is 12.8. The number of aryl methyl sites for hydroxylation is 1. The second-order valence-electron chi connectivity index (χ2n) is 5.58. The predicted molar refractivity (Wildman–Crippen MR) is 73.1 cm³/mol. The quantitative estimate of drug-likeness (QED) is 0.924. The molecule has 112 valence electrons. The molecular formula is C15H21F3N2. The van der Waals surface area contributed by atoms with Gasteiger partial charge in [-0.05, 0) is 43.0 Å². The second-order valence-corrected chi connectivity index (χ2v) is 5.58. The normalized spacial score (nSPS) is 21.1. The molecule has 2 rings (SSSR count). The summed E-state index contributed by atoms with van der Waals surface area (Å²) in [5.74, 6) is -1.18. The Kier molecular flexibility index (Phi) is 4.70.